The number of aromatic nitrogens is 3. The normalized spacial score (nSPS) is 9.89. The van der Waals surface area contributed by atoms with Gasteiger partial charge in [-0.15, -0.1) is 0 Å². The van der Waals surface area contributed by atoms with E-state index in [2.05, 4.69) is 20.4 Å². The third-order valence-corrected chi connectivity index (χ3v) is 2.32. The minimum atomic E-state index is -0.287. The summed E-state index contributed by atoms with van der Waals surface area (Å²) in [6.07, 6.45) is 4.36. The monoisotopic (exact) mass is 244 g/mol. The highest BCUT2D eigenvalue weighted by molar-refractivity contribution is 6.03. The molecule has 2 aromatic heterocycles. The van der Waals surface area contributed by atoms with Crippen LogP contribution < -0.4 is 16.2 Å². The molecule has 0 spiro atoms. The number of nitrogens with two attached hydrogens (primary N) is 1. The van der Waals surface area contributed by atoms with E-state index >= 15 is 0 Å². The van der Waals surface area contributed by atoms with Gasteiger partial charge in [-0.05, 0) is 12.1 Å². The van der Waals surface area contributed by atoms with Crippen molar-refractivity contribution in [1.82, 2.24) is 15.0 Å². The Balaban J connectivity index is 2.20. The Morgan fingerprint density at radius 3 is 2.67 bits per heavy atom. The number of nitrogens with zero attached hydrogens (tertiary/aromatic N) is 4. The third-order valence-electron chi connectivity index (χ3n) is 2.32. The molecule has 7 heteroatoms. The van der Waals surface area contributed by atoms with E-state index in [9.17, 15) is 4.79 Å². The maximum atomic E-state index is 12.1. The van der Waals surface area contributed by atoms with E-state index in [-0.39, 0.29) is 11.6 Å². The highest BCUT2D eigenvalue weighted by Gasteiger charge is 2.15. The number of rotatable bonds is 3. The molecule has 0 unspecified atom stereocenters. The zero-order chi connectivity index (χ0) is 13.0. The third kappa shape index (κ3) is 2.41. The first kappa shape index (κ1) is 11.9. The molecule has 1 amide bonds. The summed E-state index contributed by atoms with van der Waals surface area (Å²) < 4.78 is 0. The van der Waals surface area contributed by atoms with Crippen molar-refractivity contribution in [2.75, 3.05) is 17.4 Å². The number of nitrogens with one attached hydrogen (secondary N) is 1. The van der Waals surface area contributed by atoms with Crippen LogP contribution in [0.5, 0.6) is 0 Å². The Kier molecular flexibility index (Phi) is 3.44. The van der Waals surface area contributed by atoms with E-state index in [0.717, 1.165) is 0 Å². The van der Waals surface area contributed by atoms with Gasteiger partial charge < -0.3 is 5.43 Å². The number of hydrazine groups is 1. The van der Waals surface area contributed by atoms with Gasteiger partial charge in [0.2, 0.25) is 0 Å². The molecule has 0 aliphatic carbocycles. The summed E-state index contributed by atoms with van der Waals surface area (Å²) in [5, 5.41) is 0. The maximum Gasteiger partial charge on any atom is 0.279 e. The van der Waals surface area contributed by atoms with Crippen molar-refractivity contribution < 1.29 is 4.79 Å². The number of anilines is 2. The van der Waals surface area contributed by atoms with Crippen molar-refractivity contribution >= 4 is 17.5 Å². The van der Waals surface area contributed by atoms with E-state index in [4.69, 9.17) is 5.84 Å². The van der Waals surface area contributed by atoms with Gasteiger partial charge in [0.05, 0.1) is 12.4 Å². The summed E-state index contributed by atoms with van der Waals surface area (Å²) in [4.78, 5) is 25.5. The molecule has 3 N–H and O–H groups in total. The van der Waals surface area contributed by atoms with Gasteiger partial charge in [-0.3, -0.25) is 9.69 Å². The summed E-state index contributed by atoms with van der Waals surface area (Å²) in [6.45, 7) is 0. The van der Waals surface area contributed by atoms with Crippen molar-refractivity contribution in [1.29, 1.82) is 0 Å². The second-order valence-electron chi connectivity index (χ2n) is 3.48. The summed E-state index contributed by atoms with van der Waals surface area (Å²) in [5.41, 5.74) is 2.57. The highest BCUT2D eigenvalue weighted by Crippen LogP contribution is 2.10. The van der Waals surface area contributed by atoms with Crippen molar-refractivity contribution in [3.05, 3.63) is 42.5 Å². The van der Waals surface area contributed by atoms with Crippen LogP contribution in [0.25, 0.3) is 0 Å². The molecule has 2 rings (SSSR count). The predicted octanol–water partition coefficient (Wildman–Crippen LogP) is 0.434. The molecule has 18 heavy (non-hydrogen) atoms. The molecule has 7 nitrogen and oxygen atoms in total. The molecule has 2 heterocycles. The summed E-state index contributed by atoms with van der Waals surface area (Å²) >= 11 is 0. The fourth-order valence-corrected chi connectivity index (χ4v) is 1.34. The van der Waals surface area contributed by atoms with Crippen LogP contribution in [0.3, 0.4) is 0 Å². The number of carbonyl (C=O) groups is 1. The van der Waals surface area contributed by atoms with Crippen LogP contribution >= 0.6 is 0 Å². The average Bonchev–Trinajstić information content (AvgIpc) is 2.47. The van der Waals surface area contributed by atoms with Gasteiger partial charge in [0.25, 0.3) is 5.91 Å². The van der Waals surface area contributed by atoms with Crippen LogP contribution in [-0.2, 0) is 0 Å². The molecule has 0 radical (unpaired) electrons. The Labute approximate surface area is 104 Å². The van der Waals surface area contributed by atoms with Crippen molar-refractivity contribution in [2.24, 2.45) is 5.84 Å². The largest absolute Gasteiger partial charge is 0.307 e. The number of nitrogen functional groups attached to an aromatic ring is 1. The summed E-state index contributed by atoms with van der Waals surface area (Å²) in [7, 11) is 1.63. The summed E-state index contributed by atoms with van der Waals surface area (Å²) in [5.74, 6) is 5.82. The zero-order valence-corrected chi connectivity index (χ0v) is 9.74. The van der Waals surface area contributed by atoms with E-state index in [0.29, 0.717) is 11.6 Å². The highest BCUT2D eigenvalue weighted by atomic mass is 16.2. The Morgan fingerprint density at radius 2 is 2.11 bits per heavy atom. The first-order valence-corrected chi connectivity index (χ1v) is 5.20. The molecule has 0 fully saturated rings. The van der Waals surface area contributed by atoms with Crippen molar-refractivity contribution in [3.63, 3.8) is 0 Å². The Bertz CT molecular complexity index is 527. The quantitative estimate of drug-likeness (QED) is 0.600. The second-order valence-corrected chi connectivity index (χ2v) is 3.48. The fraction of sp³-hybridized carbons (Fsp3) is 0.0909. The molecule has 0 bridgehead atoms. The van der Waals surface area contributed by atoms with E-state index in [1.807, 2.05) is 0 Å². The molecule has 0 aromatic carbocycles. The van der Waals surface area contributed by atoms with Crippen LogP contribution in [0.4, 0.5) is 11.6 Å². The molecule has 2 aromatic rings. The van der Waals surface area contributed by atoms with Crippen LogP contribution in [0.1, 0.15) is 10.5 Å². The first-order chi connectivity index (χ1) is 8.72. The second kappa shape index (κ2) is 5.19. The lowest BCUT2D eigenvalue weighted by molar-refractivity contribution is 0.0987. The number of amides is 1. The van der Waals surface area contributed by atoms with Crippen molar-refractivity contribution in [2.45, 2.75) is 0 Å². The van der Waals surface area contributed by atoms with E-state index in [1.165, 1.54) is 17.3 Å². The molecular weight excluding hydrogens is 232 g/mol. The fourth-order valence-electron chi connectivity index (χ4n) is 1.34. The van der Waals surface area contributed by atoms with Crippen LogP contribution in [0, 0.1) is 0 Å². The topological polar surface area (TPSA) is 97.0 Å². The first-order valence-electron chi connectivity index (χ1n) is 5.20. The zero-order valence-electron chi connectivity index (χ0n) is 9.74. The lowest BCUT2D eigenvalue weighted by atomic mass is 10.3. The van der Waals surface area contributed by atoms with Gasteiger partial charge in [0.1, 0.15) is 11.5 Å². The standard InChI is InChI=1S/C11H12N6O/c1-17(10-4-2-3-5-13-10)11(18)8-6-15-9(16-12)7-14-8/h2-7H,12H2,1H3,(H,15,16). The molecular formula is C11H12N6O. The van der Waals surface area contributed by atoms with Gasteiger partial charge in [0, 0.05) is 13.2 Å². The van der Waals surface area contributed by atoms with Crippen LogP contribution in [-0.4, -0.2) is 27.9 Å². The lowest BCUT2D eigenvalue weighted by Gasteiger charge is -2.15. The van der Waals surface area contributed by atoms with Crippen molar-refractivity contribution in [3.8, 4) is 0 Å². The van der Waals surface area contributed by atoms with Gasteiger partial charge in [-0.1, -0.05) is 6.07 Å². The minimum absolute atomic E-state index is 0.224. The lowest BCUT2D eigenvalue weighted by Crippen LogP contribution is -2.28. The summed E-state index contributed by atoms with van der Waals surface area (Å²) in [6, 6.07) is 5.32. The Morgan fingerprint density at radius 1 is 1.28 bits per heavy atom. The van der Waals surface area contributed by atoms with Gasteiger partial charge in [-0.25, -0.2) is 20.8 Å². The van der Waals surface area contributed by atoms with Gasteiger partial charge in [0.15, 0.2) is 5.82 Å². The number of carbonyl (C=O) groups excluding carboxylic acids is 1. The smallest absolute Gasteiger partial charge is 0.279 e. The minimum Gasteiger partial charge on any atom is -0.307 e. The molecule has 0 aliphatic rings. The molecule has 92 valence electrons. The molecule has 0 atom stereocenters. The van der Waals surface area contributed by atoms with E-state index in [1.54, 1.807) is 31.4 Å². The van der Waals surface area contributed by atoms with Gasteiger partial charge in [-0.2, -0.15) is 0 Å². The van der Waals surface area contributed by atoms with Crippen LogP contribution in [0.15, 0.2) is 36.8 Å². The number of pyridine rings is 1. The average molecular weight is 244 g/mol. The number of hydrogen-bond donors (Lipinski definition) is 2. The number of hydrogen-bond acceptors (Lipinski definition) is 6. The predicted molar refractivity (Wildman–Crippen MR) is 66.8 cm³/mol. The SMILES string of the molecule is CN(C(=O)c1cnc(NN)cn1)c1ccccn1. The maximum absolute atomic E-state index is 12.1. The molecule has 0 aliphatic heterocycles. The Hall–Kier alpha value is -2.54. The van der Waals surface area contributed by atoms with Crippen LogP contribution in [0.2, 0.25) is 0 Å². The molecule has 0 saturated carbocycles. The van der Waals surface area contributed by atoms with E-state index < -0.39 is 0 Å². The van der Waals surface area contributed by atoms with Gasteiger partial charge >= 0.3 is 0 Å². The molecule has 0 saturated heterocycles.